The number of rotatable bonds is 7. The molecule has 0 aliphatic carbocycles. The van der Waals surface area contributed by atoms with Gasteiger partial charge in [-0.1, -0.05) is 32.9 Å². The number of likely N-dealkylation sites (tertiary alicyclic amines) is 1. The number of carbonyl (C=O) groups is 2. The van der Waals surface area contributed by atoms with Crippen molar-refractivity contribution in [1.29, 1.82) is 0 Å². The van der Waals surface area contributed by atoms with Crippen molar-refractivity contribution in [2.75, 3.05) is 23.7 Å². The van der Waals surface area contributed by atoms with Gasteiger partial charge in [-0.15, -0.1) is 0 Å². The van der Waals surface area contributed by atoms with Gasteiger partial charge in [0.2, 0.25) is 17.7 Å². The average Bonchev–Trinajstić information content (AvgIpc) is 2.95. The van der Waals surface area contributed by atoms with Gasteiger partial charge < -0.3 is 25.4 Å². The molecule has 1 atom stereocenters. The van der Waals surface area contributed by atoms with E-state index in [1.54, 1.807) is 36.7 Å². The Kier molecular flexibility index (Phi) is 8.43. The topological polar surface area (TPSA) is 130 Å². The first-order valence-corrected chi connectivity index (χ1v) is 14.2. The lowest BCUT2D eigenvalue weighted by Gasteiger charge is -2.31. The first kappa shape index (κ1) is 29.7. The second kappa shape index (κ2) is 12.2. The normalized spacial score (nSPS) is 15.3. The van der Waals surface area contributed by atoms with Gasteiger partial charge in [0.15, 0.2) is 0 Å². The van der Waals surface area contributed by atoms with Gasteiger partial charge >= 0.3 is 6.09 Å². The Morgan fingerprint density at radius 1 is 1.09 bits per heavy atom. The van der Waals surface area contributed by atoms with E-state index in [1.807, 2.05) is 39.8 Å². The third kappa shape index (κ3) is 6.99. The molecular formula is C32H35FN6O4. The minimum atomic E-state index is -0.941. The molecule has 1 fully saturated rings. The molecule has 5 rings (SSSR count). The van der Waals surface area contributed by atoms with Crippen molar-refractivity contribution in [3.05, 3.63) is 66.2 Å². The van der Waals surface area contributed by atoms with Gasteiger partial charge in [0.05, 0.1) is 16.9 Å². The molecule has 4 aromatic rings. The number of anilines is 2. The van der Waals surface area contributed by atoms with Gasteiger partial charge in [-0.2, -0.15) is 0 Å². The third-order valence-corrected chi connectivity index (χ3v) is 7.18. The fourth-order valence-corrected chi connectivity index (χ4v) is 5.18. The zero-order valence-electron chi connectivity index (χ0n) is 24.6. The van der Waals surface area contributed by atoms with E-state index in [1.165, 1.54) is 11.0 Å². The van der Waals surface area contributed by atoms with Crippen LogP contribution in [0.2, 0.25) is 0 Å². The smallest absolute Gasteiger partial charge is 0.407 e. The van der Waals surface area contributed by atoms with Crippen LogP contribution in [0.1, 0.15) is 45.6 Å². The van der Waals surface area contributed by atoms with Crippen LogP contribution >= 0.6 is 0 Å². The molecule has 0 radical (unpaired) electrons. The molecule has 0 unspecified atom stereocenters. The van der Waals surface area contributed by atoms with Gasteiger partial charge in [0.1, 0.15) is 11.6 Å². The van der Waals surface area contributed by atoms with Crippen molar-refractivity contribution in [3.8, 4) is 22.9 Å². The van der Waals surface area contributed by atoms with E-state index in [0.29, 0.717) is 52.7 Å². The zero-order chi connectivity index (χ0) is 30.7. The number of pyridine rings is 1. The van der Waals surface area contributed by atoms with Gasteiger partial charge in [-0.3, -0.25) is 4.79 Å². The summed E-state index contributed by atoms with van der Waals surface area (Å²) in [5.74, 6) is 0.337. The maximum atomic E-state index is 15.0. The summed E-state index contributed by atoms with van der Waals surface area (Å²) in [5.41, 5.74) is 1.82. The molecule has 1 saturated heterocycles. The number of amides is 2. The van der Waals surface area contributed by atoms with Crippen molar-refractivity contribution < 1.29 is 23.8 Å². The largest absolute Gasteiger partial charge is 0.465 e. The molecule has 43 heavy (non-hydrogen) atoms. The Labute approximate surface area is 249 Å². The fourth-order valence-electron chi connectivity index (χ4n) is 5.18. The quantitative estimate of drug-likeness (QED) is 0.214. The number of nitrogens with one attached hydrogen (secondary N) is 2. The summed E-state index contributed by atoms with van der Waals surface area (Å²) in [5, 5.41) is 16.5. The summed E-state index contributed by atoms with van der Waals surface area (Å²) in [6.07, 6.45) is 4.09. The summed E-state index contributed by atoms with van der Waals surface area (Å²) < 4.78 is 21.4. The Bertz CT molecular complexity index is 1670. The summed E-state index contributed by atoms with van der Waals surface area (Å²) in [7, 11) is 0. The Morgan fingerprint density at radius 3 is 2.65 bits per heavy atom. The third-order valence-electron chi connectivity index (χ3n) is 7.18. The molecule has 3 heterocycles. The van der Waals surface area contributed by atoms with Crippen LogP contribution in [-0.4, -0.2) is 56.1 Å². The summed E-state index contributed by atoms with van der Waals surface area (Å²) in [6.45, 7) is 8.59. The highest BCUT2D eigenvalue weighted by molar-refractivity contribution is 6.05. The average molecular weight is 587 g/mol. The predicted molar refractivity (Wildman–Crippen MR) is 163 cm³/mol. The number of halogens is 1. The molecule has 2 amide bonds. The van der Waals surface area contributed by atoms with Crippen molar-refractivity contribution in [3.63, 3.8) is 0 Å². The van der Waals surface area contributed by atoms with Crippen LogP contribution in [0, 0.1) is 18.2 Å². The second-order valence-electron chi connectivity index (χ2n) is 12.0. The maximum absolute atomic E-state index is 15.0. The van der Waals surface area contributed by atoms with E-state index in [9.17, 15) is 14.7 Å². The van der Waals surface area contributed by atoms with Crippen molar-refractivity contribution in [1.82, 2.24) is 19.9 Å². The highest BCUT2D eigenvalue weighted by atomic mass is 19.1. The van der Waals surface area contributed by atoms with Gasteiger partial charge in [-0.25, -0.2) is 24.1 Å². The molecule has 0 spiro atoms. The number of aryl methyl sites for hydroxylation is 1. The molecule has 1 aliphatic heterocycles. The zero-order valence-corrected chi connectivity index (χ0v) is 24.6. The minimum Gasteiger partial charge on any atom is -0.465 e. The van der Waals surface area contributed by atoms with E-state index in [4.69, 9.17) is 4.74 Å². The van der Waals surface area contributed by atoms with E-state index in [2.05, 4.69) is 25.6 Å². The van der Waals surface area contributed by atoms with Gasteiger partial charge in [0, 0.05) is 48.7 Å². The molecule has 10 nitrogen and oxygen atoms in total. The molecule has 0 saturated carbocycles. The molecule has 0 bridgehead atoms. The van der Waals surface area contributed by atoms with E-state index in [-0.39, 0.29) is 29.5 Å². The van der Waals surface area contributed by atoms with Crippen molar-refractivity contribution in [2.45, 2.75) is 53.0 Å². The molecule has 2 aromatic carbocycles. The van der Waals surface area contributed by atoms with Crippen molar-refractivity contribution >= 4 is 34.4 Å². The number of ether oxygens (including phenoxy) is 1. The number of hydrogen-bond donors (Lipinski definition) is 3. The van der Waals surface area contributed by atoms with Crippen LogP contribution in [0.25, 0.3) is 22.0 Å². The van der Waals surface area contributed by atoms with Gasteiger partial charge in [-0.05, 0) is 61.1 Å². The van der Waals surface area contributed by atoms with Crippen LogP contribution in [0.5, 0.6) is 11.6 Å². The first-order valence-electron chi connectivity index (χ1n) is 14.2. The Balaban J connectivity index is 1.45. The summed E-state index contributed by atoms with van der Waals surface area (Å²) in [4.78, 5) is 39.0. The molecule has 11 heteroatoms. The highest BCUT2D eigenvalue weighted by Crippen LogP contribution is 2.39. The fraction of sp³-hybridized carbons (Fsp3) is 0.344. The van der Waals surface area contributed by atoms with Crippen molar-refractivity contribution in [2.24, 2.45) is 5.41 Å². The number of piperidine rings is 1. The SMILES string of the molecule is Cc1ccc2c(NC(=O)CC(C)(C)C)c(F)ccc2c1Oc1ncccc1-c1ccnc(N[C@H]2CCCN(C(=O)O)C2)n1. The van der Waals surface area contributed by atoms with E-state index < -0.39 is 11.9 Å². The lowest BCUT2D eigenvalue weighted by molar-refractivity contribution is -0.117. The molecule has 1 aliphatic rings. The molecule has 224 valence electrons. The Hall–Kier alpha value is -4.80. The maximum Gasteiger partial charge on any atom is 0.407 e. The van der Waals surface area contributed by atoms with Crippen LogP contribution in [-0.2, 0) is 4.79 Å². The number of nitrogens with zero attached hydrogens (tertiary/aromatic N) is 4. The lowest BCUT2D eigenvalue weighted by atomic mass is 9.92. The van der Waals surface area contributed by atoms with Crippen LogP contribution in [0.3, 0.4) is 0 Å². The number of benzene rings is 2. The van der Waals surface area contributed by atoms with E-state index in [0.717, 1.165) is 18.4 Å². The molecule has 3 N–H and O–H groups in total. The van der Waals surface area contributed by atoms with Crippen LogP contribution < -0.4 is 15.4 Å². The lowest BCUT2D eigenvalue weighted by Crippen LogP contribution is -2.44. The molecular weight excluding hydrogens is 551 g/mol. The number of fused-ring (bicyclic) bond motifs is 1. The monoisotopic (exact) mass is 586 g/mol. The van der Waals surface area contributed by atoms with Crippen LogP contribution in [0.4, 0.5) is 20.8 Å². The standard InChI is InChI=1S/C32H35FN6O4/c1-19-9-10-21-22(11-12-24(33)27(21)38-26(40)17-32(2,3)4)28(19)43-29-23(8-5-14-34-29)25-13-15-35-30(37-25)36-20-7-6-16-39(18-20)31(41)42/h5,8-15,20H,6-7,16-18H2,1-4H3,(H,38,40)(H,41,42)(H,35,36,37)/t20-/m0/s1. The Morgan fingerprint density at radius 2 is 1.88 bits per heavy atom. The number of carboxylic acid groups (broad SMARTS) is 1. The number of carbonyl (C=O) groups excluding carboxylic acids is 1. The van der Waals surface area contributed by atoms with E-state index >= 15 is 4.39 Å². The number of aromatic nitrogens is 3. The summed E-state index contributed by atoms with van der Waals surface area (Å²) >= 11 is 0. The first-order chi connectivity index (χ1) is 20.5. The summed E-state index contributed by atoms with van der Waals surface area (Å²) in [6, 6.07) is 11.8. The molecule has 2 aromatic heterocycles. The van der Waals surface area contributed by atoms with Gasteiger partial charge in [0.25, 0.3) is 0 Å². The predicted octanol–water partition coefficient (Wildman–Crippen LogP) is 6.86. The highest BCUT2D eigenvalue weighted by Gasteiger charge is 2.24. The number of hydrogen-bond acceptors (Lipinski definition) is 7. The van der Waals surface area contributed by atoms with Crippen LogP contribution in [0.15, 0.2) is 54.9 Å². The second-order valence-corrected chi connectivity index (χ2v) is 12.0. The minimum absolute atomic E-state index is 0.105.